The Hall–Kier alpha value is -3.59. The van der Waals surface area contributed by atoms with Gasteiger partial charge in [-0.2, -0.15) is 4.98 Å². The molecule has 152 valence electrons. The van der Waals surface area contributed by atoms with E-state index >= 15 is 0 Å². The molecule has 0 saturated heterocycles. The van der Waals surface area contributed by atoms with Crippen molar-refractivity contribution >= 4 is 22.4 Å². The quantitative estimate of drug-likeness (QED) is 0.454. The molecule has 0 bridgehead atoms. The number of pyridine rings is 1. The van der Waals surface area contributed by atoms with Crippen molar-refractivity contribution in [3.8, 4) is 28.4 Å². The Morgan fingerprint density at radius 2 is 2.03 bits per heavy atom. The zero-order chi connectivity index (χ0) is 20.8. The summed E-state index contributed by atoms with van der Waals surface area (Å²) < 4.78 is 10.7. The number of nitrogens with one attached hydrogen (secondary N) is 1. The van der Waals surface area contributed by atoms with E-state index in [1.807, 2.05) is 42.6 Å². The van der Waals surface area contributed by atoms with Gasteiger partial charge in [-0.05, 0) is 43.3 Å². The Balaban J connectivity index is 1.31. The second-order valence-corrected chi connectivity index (χ2v) is 7.15. The van der Waals surface area contributed by atoms with Crippen molar-refractivity contribution in [1.29, 1.82) is 0 Å². The van der Waals surface area contributed by atoms with E-state index < -0.39 is 0 Å². The molecule has 1 aromatic carbocycles. The summed E-state index contributed by atoms with van der Waals surface area (Å²) in [5, 5.41) is 9.20. The second kappa shape index (κ2) is 9.27. The number of hydrogen-bond donors (Lipinski definition) is 1. The third-order valence-corrected chi connectivity index (χ3v) is 4.92. The molecule has 3 aromatic heterocycles. The normalized spacial score (nSPS) is 10.7. The van der Waals surface area contributed by atoms with E-state index in [1.54, 1.807) is 18.5 Å². The van der Waals surface area contributed by atoms with Gasteiger partial charge in [-0.15, -0.1) is 11.3 Å². The molecular formula is C21H19N5O3S. The number of aromatic nitrogens is 4. The summed E-state index contributed by atoms with van der Waals surface area (Å²) in [6.07, 6.45) is 3.89. The lowest BCUT2D eigenvalue weighted by Crippen LogP contribution is -2.12. The molecule has 0 atom stereocenters. The van der Waals surface area contributed by atoms with Crippen LogP contribution in [0.25, 0.3) is 22.6 Å². The number of thiazole rings is 1. The fourth-order valence-corrected chi connectivity index (χ4v) is 3.46. The number of ether oxygens (including phenoxy) is 1. The van der Waals surface area contributed by atoms with E-state index in [0.717, 1.165) is 22.6 Å². The van der Waals surface area contributed by atoms with Gasteiger partial charge in [0.1, 0.15) is 5.75 Å². The molecule has 4 rings (SSSR count). The minimum Gasteiger partial charge on any atom is -0.494 e. The summed E-state index contributed by atoms with van der Waals surface area (Å²) in [6.45, 7) is 2.57. The Bertz CT molecular complexity index is 1110. The maximum atomic E-state index is 12.3. The zero-order valence-electron chi connectivity index (χ0n) is 16.2. The number of benzene rings is 1. The largest absolute Gasteiger partial charge is 0.494 e. The first kappa shape index (κ1) is 19.7. The predicted molar refractivity (Wildman–Crippen MR) is 113 cm³/mol. The van der Waals surface area contributed by atoms with Crippen molar-refractivity contribution in [3.63, 3.8) is 0 Å². The number of carbonyl (C=O) groups is 1. The number of amides is 1. The van der Waals surface area contributed by atoms with Gasteiger partial charge in [-0.25, -0.2) is 4.98 Å². The number of aryl methyl sites for hydroxylation is 1. The van der Waals surface area contributed by atoms with Crippen molar-refractivity contribution < 1.29 is 14.1 Å². The zero-order valence-corrected chi connectivity index (χ0v) is 17.1. The summed E-state index contributed by atoms with van der Waals surface area (Å²) in [5.74, 6) is 1.51. The minimum atomic E-state index is -0.163. The van der Waals surface area contributed by atoms with Crippen LogP contribution in [-0.2, 0) is 11.2 Å². The lowest BCUT2D eigenvalue weighted by molar-refractivity contribution is -0.116. The number of nitrogens with zero attached hydrogens (tertiary/aromatic N) is 4. The molecule has 0 aliphatic heterocycles. The van der Waals surface area contributed by atoms with Gasteiger partial charge in [0.2, 0.25) is 17.6 Å². The van der Waals surface area contributed by atoms with Crippen LogP contribution in [0.15, 0.2) is 58.7 Å². The molecule has 0 radical (unpaired) electrons. The molecule has 0 aliphatic rings. The first-order chi connectivity index (χ1) is 14.7. The highest BCUT2D eigenvalue weighted by atomic mass is 32.1. The second-order valence-electron chi connectivity index (χ2n) is 6.30. The smallest absolute Gasteiger partial charge is 0.227 e. The molecule has 0 saturated carbocycles. The Morgan fingerprint density at radius 1 is 1.17 bits per heavy atom. The SMILES string of the molecule is CCOc1ccc(-c2csc(NC(=O)CCc3nc(-c4cccnc4)no3)n2)cc1. The lowest BCUT2D eigenvalue weighted by atomic mass is 10.2. The van der Waals surface area contributed by atoms with Gasteiger partial charge >= 0.3 is 0 Å². The Labute approximate surface area is 177 Å². The van der Waals surface area contributed by atoms with Gasteiger partial charge < -0.3 is 14.6 Å². The van der Waals surface area contributed by atoms with Crippen molar-refractivity contribution in [1.82, 2.24) is 20.1 Å². The molecule has 1 N–H and O–H groups in total. The molecule has 0 spiro atoms. The molecule has 9 heteroatoms. The highest BCUT2D eigenvalue weighted by molar-refractivity contribution is 7.14. The first-order valence-electron chi connectivity index (χ1n) is 9.43. The predicted octanol–water partition coefficient (Wildman–Crippen LogP) is 4.23. The summed E-state index contributed by atoms with van der Waals surface area (Å²) in [7, 11) is 0. The Kier molecular flexibility index (Phi) is 6.09. The van der Waals surface area contributed by atoms with E-state index in [4.69, 9.17) is 9.26 Å². The van der Waals surface area contributed by atoms with Crippen LogP contribution in [0.1, 0.15) is 19.2 Å². The molecule has 1 amide bonds. The van der Waals surface area contributed by atoms with Crippen LogP contribution >= 0.6 is 11.3 Å². The molecular weight excluding hydrogens is 402 g/mol. The van der Waals surface area contributed by atoms with Crippen LogP contribution in [-0.4, -0.2) is 32.6 Å². The summed E-state index contributed by atoms with van der Waals surface area (Å²) >= 11 is 1.38. The average molecular weight is 421 g/mol. The van der Waals surface area contributed by atoms with Gasteiger partial charge in [-0.1, -0.05) is 5.16 Å². The van der Waals surface area contributed by atoms with E-state index in [0.29, 0.717) is 29.9 Å². The molecule has 30 heavy (non-hydrogen) atoms. The molecule has 0 aliphatic carbocycles. The standard InChI is InChI=1S/C21H19N5O3S/c1-2-28-16-7-5-14(6-8-16)17-13-30-21(23-17)24-18(27)9-10-19-25-20(26-29-19)15-4-3-11-22-12-15/h3-8,11-13H,2,9-10H2,1H3,(H,23,24,27). The molecule has 0 unspecified atom stereocenters. The first-order valence-corrected chi connectivity index (χ1v) is 10.3. The van der Waals surface area contributed by atoms with Gasteiger partial charge in [0.05, 0.1) is 12.3 Å². The molecule has 3 heterocycles. The van der Waals surface area contributed by atoms with Gasteiger partial charge in [0.25, 0.3) is 0 Å². The lowest BCUT2D eigenvalue weighted by Gasteiger charge is -2.03. The van der Waals surface area contributed by atoms with Crippen molar-refractivity contribution in [2.45, 2.75) is 19.8 Å². The topological polar surface area (TPSA) is 103 Å². The third kappa shape index (κ3) is 4.87. The highest BCUT2D eigenvalue weighted by Crippen LogP contribution is 2.26. The fraction of sp³-hybridized carbons (Fsp3) is 0.190. The maximum Gasteiger partial charge on any atom is 0.227 e. The van der Waals surface area contributed by atoms with E-state index in [2.05, 4.69) is 25.4 Å². The van der Waals surface area contributed by atoms with Crippen molar-refractivity contribution in [3.05, 3.63) is 60.1 Å². The third-order valence-electron chi connectivity index (χ3n) is 4.17. The number of carbonyl (C=O) groups excluding carboxylic acids is 1. The minimum absolute atomic E-state index is 0.163. The van der Waals surface area contributed by atoms with E-state index in [1.165, 1.54) is 11.3 Å². The number of hydrogen-bond acceptors (Lipinski definition) is 8. The van der Waals surface area contributed by atoms with Crippen LogP contribution in [0.5, 0.6) is 5.75 Å². The van der Waals surface area contributed by atoms with Crippen LogP contribution in [0.2, 0.25) is 0 Å². The maximum absolute atomic E-state index is 12.3. The molecule has 4 aromatic rings. The number of rotatable bonds is 8. The summed E-state index contributed by atoms with van der Waals surface area (Å²) in [5.41, 5.74) is 2.53. The van der Waals surface area contributed by atoms with Crippen LogP contribution in [0.3, 0.4) is 0 Å². The van der Waals surface area contributed by atoms with Crippen molar-refractivity contribution in [2.75, 3.05) is 11.9 Å². The van der Waals surface area contributed by atoms with Crippen LogP contribution in [0, 0.1) is 0 Å². The Morgan fingerprint density at radius 3 is 2.80 bits per heavy atom. The van der Waals surface area contributed by atoms with Crippen LogP contribution < -0.4 is 10.1 Å². The van der Waals surface area contributed by atoms with Gasteiger partial charge in [0, 0.05) is 41.7 Å². The molecule has 0 fully saturated rings. The van der Waals surface area contributed by atoms with Crippen LogP contribution in [0.4, 0.5) is 5.13 Å². The summed E-state index contributed by atoms with van der Waals surface area (Å²) in [4.78, 5) is 25.1. The fourth-order valence-electron chi connectivity index (χ4n) is 2.72. The van der Waals surface area contributed by atoms with Gasteiger partial charge in [0.15, 0.2) is 5.13 Å². The highest BCUT2D eigenvalue weighted by Gasteiger charge is 2.12. The summed E-state index contributed by atoms with van der Waals surface area (Å²) in [6, 6.07) is 11.3. The molecule has 8 nitrogen and oxygen atoms in total. The van der Waals surface area contributed by atoms with E-state index in [9.17, 15) is 4.79 Å². The van der Waals surface area contributed by atoms with Gasteiger partial charge in [-0.3, -0.25) is 9.78 Å². The monoisotopic (exact) mass is 421 g/mol. The van der Waals surface area contributed by atoms with Crippen molar-refractivity contribution in [2.24, 2.45) is 0 Å². The number of anilines is 1. The van der Waals surface area contributed by atoms with E-state index in [-0.39, 0.29) is 12.3 Å². The average Bonchev–Trinajstić information content (AvgIpc) is 3.44.